The molecule has 1 aromatic carbocycles. The number of hydrogen-bond acceptors (Lipinski definition) is 4. The molecule has 3 fully saturated rings. The van der Waals surface area contributed by atoms with E-state index in [4.69, 9.17) is 13.8 Å². The van der Waals surface area contributed by atoms with Gasteiger partial charge in [-0.15, -0.1) is 0 Å². The van der Waals surface area contributed by atoms with Crippen molar-refractivity contribution in [2.45, 2.75) is 76.4 Å². The zero-order valence-electron chi connectivity index (χ0n) is 14.9. The molecule has 0 unspecified atom stereocenters. The fraction of sp³-hybridized carbons (Fsp3) is 0.684. The van der Waals surface area contributed by atoms with Gasteiger partial charge in [0.15, 0.2) is 0 Å². The zero-order valence-corrected chi connectivity index (χ0v) is 15.7. The van der Waals surface area contributed by atoms with Crippen LogP contribution < -0.4 is 0 Å². The minimum absolute atomic E-state index is 0.162. The van der Waals surface area contributed by atoms with Gasteiger partial charge in [-0.25, -0.2) is 4.67 Å². The number of rotatable bonds is 4. The lowest BCUT2D eigenvalue weighted by Crippen LogP contribution is -2.36. The lowest BCUT2D eigenvalue weighted by Gasteiger charge is -2.29. The molecular weight excluding hydrogens is 321 g/mol. The maximum Gasteiger partial charge on any atom is 0.260 e. The summed E-state index contributed by atoms with van der Waals surface area (Å²) in [5.74, 6) is 0. The van der Waals surface area contributed by atoms with Crippen LogP contribution in [0.15, 0.2) is 30.3 Å². The van der Waals surface area contributed by atoms with Crippen LogP contribution in [0.1, 0.15) is 52.0 Å². The first-order valence-electron chi connectivity index (χ1n) is 9.25. The Bertz CT molecular complexity index is 571. The molecule has 4 nitrogen and oxygen atoms in total. The third-order valence-electron chi connectivity index (χ3n) is 5.70. The maximum absolute atomic E-state index is 6.60. The van der Waals surface area contributed by atoms with Crippen LogP contribution in [0.5, 0.6) is 0 Å². The Morgan fingerprint density at radius 2 is 2.12 bits per heavy atom. The van der Waals surface area contributed by atoms with Gasteiger partial charge in [0.05, 0.1) is 24.4 Å². The topological polar surface area (TPSA) is 30.9 Å². The summed E-state index contributed by atoms with van der Waals surface area (Å²) in [6.07, 6.45) is 5.04. The average Bonchev–Trinajstić information content (AvgIpc) is 3.26. The monoisotopic (exact) mass is 349 g/mol. The predicted octanol–water partition coefficient (Wildman–Crippen LogP) is 4.60. The summed E-state index contributed by atoms with van der Waals surface area (Å²) in [5.41, 5.74) is 0.995. The molecule has 0 N–H and O–H groups in total. The van der Waals surface area contributed by atoms with Crippen LogP contribution in [0, 0.1) is 0 Å². The van der Waals surface area contributed by atoms with E-state index in [2.05, 4.69) is 55.8 Å². The first-order valence-corrected chi connectivity index (χ1v) is 10.4. The first-order chi connectivity index (χ1) is 11.6. The van der Waals surface area contributed by atoms with Gasteiger partial charge in [-0.1, -0.05) is 37.3 Å². The predicted molar refractivity (Wildman–Crippen MR) is 95.6 cm³/mol. The van der Waals surface area contributed by atoms with Gasteiger partial charge >= 0.3 is 0 Å². The SMILES string of the molecule is CC[C@H]1O[C@@H](C)C[C@H]1O[P@@]1O[C@](C)(c2ccccc2)[C@@H]2CCCN21. The van der Waals surface area contributed by atoms with Gasteiger partial charge in [0, 0.05) is 13.0 Å². The van der Waals surface area contributed by atoms with E-state index in [9.17, 15) is 0 Å². The van der Waals surface area contributed by atoms with E-state index in [0.717, 1.165) is 19.4 Å². The van der Waals surface area contributed by atoms with E-state index in [1.54, 1.807) is 0 Å². The van der Waals surface area contributed by atoms with Gasteiger partial charge in [-0.2, -0.15) is 0 Å². The normalized spacial score (nSPS) is 42.5. The van der Waals surface area contributed by atoms with Gasteiger partial charge in [-0.05, 0) is 38.7 Å². The van der Waals surface area contributed by atoms with Crippen molar-refractivity contribution in [2.24, 2.45) is 0 Å². The summed E-state index contributed by atoms with van der Waals surface area (Å²) in [6, 6.07) is 11.1. The smallest absolute Gasteiger partial charge is 0.260 e. The molecule has 0 aromatic heterocycles. The Balaban J connectivity index is 1.55. The van der Waals surface area contributed by atoms with Crippen molar-refractivity contribution in [1.29, 1.82) is 0 Å². The molecule has 3 aliphatic rings. The molecule has 0 spiro atoms. The molecule has 132 valence electrons. The molecule has 3 heterocycles. The summed E-state index contributed by atoms with van der Waals surface area (Å²) in [4.78, 5) is 0. The molecule has 24 heavy (non-hydrogen) atoms. The highest BCUT2D eigenvalue weighted by molar-refractivity contribution is 7.45. The van der Waals surface area contributed by atoms with Gasteiger partial charge in [0.25, 0.3) is 8.53 Å². The number of fused-ring (bicyclic) bond motifs is 1. The Kier molecular flexibility index (Phi) is 4.70. The second-order valence-electron chi connectivity index (χ2n) is 7.40. The zero-order chi connectivity index (χ0) is 16.7. The first kappa shape index (κ1) is 16.9. The lowest BCUT2D eigenvalue weighted by molar-refractivity contribution is 0.0158. The molecule has 0 aliphatic carbocycles. The van der Waals surface area contributed by atoms with Crippen molar-refractivity contribution < 1.29 is 13.8 Å². The molecule has 0 bridgehead atoms. The molecule has 1 aromatic rings. The van der Waals surface area contributed by atoms with Crippen molar-refractivity contribution in [2.75, 3.05) is 6.54 Å². The summed E-state index contributed by atoms with van der Waals surface area (Å²) >= 11 is 0. The van der Waals surface area contributed by atoms with E-state index >= 15 is 0 Å². The molecular formula is C19H28NO3P. The summed E-state index contributed by atoms with van der Waals surface area (Å²) < 4.78 is 21.6. The molecule has 3 saturated heterocycles. The Morgan fingerprint density at radius 1 is 1.33 bits per heavy atom. The highest BCUT2D eigenvalue weighted by Crippen LogP contribution is 2.63. The van der Waals surface area contributed by atoms with Gasteiger partial charge in [0.2, 0.25) is 0 Å². The van der Waals surface area contributed by atoms with E-state index in [1.165, 1.54) is 18.4 Å². The summed E-state index contributed by atoms with van der Waals surface area (Å²) in [6.45, 7) is 7.64. The molecule has 0 saturated carbocycles. The Hall–Kier alpha value is -0.510. The standard InChI is InChI=1S/C19H28NO3P/c1-4-16-17(13-14(2)21-16)22-24-20-12-8-11-18(20)19(3,23-24)15-9-6-5-7-10-15/h5-7,9-10,14,16-18H,4,8,11-13H2,1-3H3/t14-,16+,17+,18-,19+,24-/m0/s1. The number of benzene rings is 1. The summed E-state index contributed by atoms with van der Waals surface area (Å²) in [5, 5.41) is 0. The largest absolute Gasteiger partial charge is 0.372 e. The van der Waals surface area contributed by atoms with Crippen LogP contribution in [0.3, 0.4) is 0 Å². The minimum atomic E-state index is -1.01. The van der Waals surface area contributed by atoms with Gasteiger partial charge in [-0.3, -0.25) is 0 Å². The van der Waals surface area contributed by atoms with Crippen molar-refractivity contribution in [3.8, 4) is 0 Å². The molecule has 6 atom stereocenters. The van der Waals surface area contributed by atoms with Gasteiger partial charge in [0.1, 0.15) is 5.60 Å². The van der Waals surface area contributed by atoms with Gasteiger partial charge < -0.3 is 13.8 Å². The van der Waals surface area contributed by atoms with Crippen LogP contribution in [0.2, 0.25) is 0 Å². The Labute approximate surface area is 146 Å². The van der Waals surface area contributed by atoms with Crippen molar-refractivity contribution in [3.05, 3.63) is 35.9 Å². The van der Waals surface area contributed by atoms with Crippen LogP contribution in [0.4, 0.5) is 0 Å². The molecule has 0 radical (unpaired) electrons. The number of ether oxygens (including phenoxy) is 1. The lowest BCUT2D eigenvalue weighted by atomic mass is 9.87. The maximum atomic E-state index is 6.60. The second-order valence-corrected chi connectivity index (χ2v) is 8.78. The fourth-order valence-electron chi connectivity index (χ4n) is 4.38. The molecule has 0 amide bonds. The van der Waals surface area contributed by atoms with Crippen molar-refractivity contribution in [1.82, 2.24) is 4.67 Å². The molecule has 4 rings (SSSR count). The minimum Gasteiger partial charge on any atom is -0.372 e. The van der Waals surface area contributed by atoms with Crippen LogP contribution >= 0.6 is 8.53 Å². The number of nitrogens with zero attached hydrogens (tertiary/aromatic N) is 1. The third kappa shape index (κ3) is 2.83. The van der Waals surface area contributed by atoms with E-state index in [-0.39, 0.29) is 23.9 Å². The molecule has 5 heteroatoms. The number of hydrogen-bond donors (Lipinski definition) is 0. The summed E-state index contributed by atoms with van der Waals surface area (Å²) in [7, 11) is -1.01. The van der Waals surface area contributed by atoms with Crippen molar-refractivity contribution >= 4 is 8.53 Å². The van der Waals surface area contributed by atoms with Crippen LogP contribution in [-0.4, -0.2) is 35.6 Å². The highest BCUT2D eigenvalue weighted by atomic mass is 31.2. The molecule has 3 aliphatic heterocycles. The van der Waals surface area contributed by atoms with Crippen LogP contribution in [0.25, 0.3) is 0 Å². The van der Waals surface area contributed by atoms with E-state index in [0.29, 0.717) is 6.04 Å². The van der Waals surface area contributed by atoms with Crippen LogP contribution in [-0.2, 0) is 19.4 Å². The van der Waals surface area contributed by atoms with E-state index in [1.807, 2.05) is 0 Å². The second kappa shape index (κ2) is 6.66. The highest BCUT2D eigenvalue weighted by Gasteiger charge is 2.55. The quantitative estimate of drug-likeness (QED) is 0.744. The Morgan fingerprint density at radius 3 is 2.88 bits per heavy atom. The average molecular weight is 349 g/mol. The van der Waals surface area contributed by atoms with Crippen molar-refractivity contribution in [3.63, 3.8) is 0 Å². The van der Waals surface area contributed by atoms with E-state index < -0.39 is 8.53 Å². The third-order valence-corrected chi connectivity index (χ3v) is 7.58. The fourth-order valence-corrected chi connectivity index (χ4v) is 6.53.